The summed E-state index contributed by atoms with van der Waals surface area (Å²) in [5.41, 5.74) is -1.24. The maximum Gasteiger partial charge on any atom is 0.298 e. The second-order valence-corrected chi connectivity index (χ2v) is 4.22. The molecule has 1 heterocycles. The van der Waals surface area contributed by atoms with E-state index in [-0.39, 0.29) is 18.9 Å². The van der Waals surface area contributed by atoms with Gasteiger partial charge in [0.25, 0.3) is 5.69 Å². The monoisotopic (exact) mass is 268 g/mol. The van der Waals surface area contributed by atoms with Crippen LogP contribution in [0.2, 0.25) is 0 Å². The number of benzene rings is 1. The van der Waals surface area contributed by atoms with Crippen molar-refractivity contribution in [2.45, 2.75) is 6.42 Å². The molecule has 0 aliphatic carbocycles. The number of carbonyl (C=O) groups excluding carboxylic acids is 1. The predicted octanol–water partition coefficient (Wildman–Crippen LogP) is 2.41. The van der Waals surface area contributed by atoms with Gasteiger partial charge in [0, 0.05) is 24.9 Å². The van der Waals surface area contributed by atoms with E-state index in [1.54, 1.807) is 0 Å². The van der Waals surface area contributed by atoms with E-state index in [1.165, 1.54) is 6.08 Å². The average molecular weight is 268 g/mol. The lowest BCUT2D eigenvalue weighted by molar-refractivity contribution is -0.384. The SMILES string of the molecule is C=CC1CC(=O)N(c2c(F)cc(F)cc2[N+](=O)[O-])C1. The fourth-order valence-corrected chi connectivity index (χ4v) is 2.07. The highest BCUT2D eigenvalue weighted by Gasteiger charge is 2.35. The van der Waals surface area contributed by atoms with Gasteiger partial charge in [-0.1, -0.05) is 6.08 Å². The Labute approximate surface area is 107 Å². The first-order chi connectivity index (χ1) is 8.93. The normalized spacial score (nSPS) is 18.7. The summed E-state index contributed by atoms with van der Waals surface area (Å²) in [6, 6.07) is 1.13. The molecule has 0 spiro atoms. The third-order valence-electron chi connectivity index (χ3n) is 2.96. The molecule has 0 aromatic heterocycles. The maximum atomic E-state index is 13.8. The molecule has 5 nitrogen and oxygen atoms in total. The van der Waals surface area contributed by atoms with E-state index in [9.17, 15) is 23.7 Å². The van der Waals surface area contributed by atoms with Crippen LogP contribution in [0.4, 0.5) is 20.2 Å². The Balaban J connectivity index is 2.53. The molecular weight excluding hydrogens is 258 g/mol. The number of hydrogen-bond donors (Lipinski definition) is 0. The summed E-state index contributed by atoms with van der Waals surface area (Å²) < 4.78 is 26.8. The Morgan fingerprint density at radius 1 is 1.47 bits per heavy atom. The summed E-state index contributed by atoms with van der Waals surface area (Å²) in [5.74, 6) is -2.82. The molecule has 1 unspecified atom stereocenters. The van der Waals surface area contributed by atoms with Crippen LogP contribution in [0, 0.1) is 27.7 Å². The standard InChI is InChI=1S/C12H10F2N2O3/c1-2-7-3-11(17)15(6-7)12-9(14)4-8(13)5-10(12)16(18)19/h2,4-5,7H,1,3,6H2. The van der Waals surface area contributed by atoms with Crippen LogP contribution < -0.4 is 4.90 Å². The van der Waals surface area contributed by atoms with E-state index in [1.807, 2.05) is 0 Å². The number of anilines is 1. The van der Waals surface area contributed by atoms with E-state index in [4.69, 9.17) is 0 Å². The van der Waals surface area contributed by atoms with E-state index in [0.29, 0.717) is 12.1 Å². The van der Waals surface area contributed by atoms with Gasteiger partial charge in [0.15, 0.2) is 11.5 Å². The van der Waals surface area contributed by atoms with Gasteiger partial charge in [0.05, 0.1) is 11.0 Å². The summed E-state index contributed by atoms with van der Waals surface area (Å²) in [7, 11) is 0. The average Bonchev–Trinajstić information content (AvgIpc) is 2.69. The number of amides is 1. The van der Waals surface area contributed by atoms with Crippen molar-refractivity contribution in [3.63, 3.8) is 0 Å². The molecule has 1 aliphatic heterocycles. The minimum Gasteiger partial charge on any atom is -0.303 e. The van der Waals surface area contributed by atoms with Crippen molar-refractivity contribution in [1.82, 2.24) is 0 Å². The Morgan fingerprint density at radius 2 is 2.16 bits per heavy atom. The quantitative estimate of drug-likeness (QED) is 0.480. The summed E-state index contributed by atoms with van der Waals surface area (Å²) in [6.07, 6.45) is 1.64. The van der Waals surface area contributed by atoms with Crippen molar-refractivity contribution in [1.29, 1.82) is 0 Å². The minimum absolute atomic E-state index is 0.103. The van der Waals surface area contributed by atoms with Gasteiger partial charge in [-0.25, -0.2) is 8.78 Å². The van der Waals surface area contributed by atoms with Crippen LogP contribution in [-0.4, -0.2) is 17.4 Å². The van der Waals surface area contributed by atoms with Gasteiger partial charge in [-0.3, -0.25) is 14.9 Å². The molecule has 19 heavy (non-hydrogen) atoms. The zero-order valence-electron chi connectivity index (χ0n) is 9.81. The lowest BCUT2D eigenvalue weighted by Crippen LogP contribution is -2.26. The molecule has 0 N–H and O–H groups in total. The zero-order chi connectivity index (χ0) is 14.2. The van der Waals surface area contributed by atoms with Crippen LogP contribution in [0.5, 0.6) is 0 Å². The van der Waals surface area contributed by atoms with Crippen LogP contribution in [0.1, 0.15) is 6.42 Å². The van der Waals surface area contributed by atoms with E-state index < -0.39 is 33.8 Å². The lowest BCUT2D eigenvalue weighted by atomic mass is 10.1. The topological polar surface area (TPSA) is 63.5 Å². The third-order valence-corrected chi connectivity index (χ3v) is 2.96. The Bertz CT molecular complexity index is 574. The number of rotatable bonds is 3. The van der Waals surface area contributed by atoms with Crippen LogP contribution in [0.3, 0.4) is 0 Å². The Morgan fingerprint density at radius 3 is 2.68 bits per heavy atom. The fraction of sp³-hybridized carbons (Fsp3) is 0.250. The molecule has 1 aromatic carbocycles. The Hall–Kier alpha value is -2.31. The minimum atomic E-state index is -1.12. The molecule has 0 bridgehead atoms. The molecule has 1 saturated heterocycles. The van der Waals surface area contributed by atoms with Gasteiger partial charge in [-0.2, -0.15) is 0 Å². The molecular formula is C12H10F2N2O3. The van der Waals surface area contributed by atoms with Gasteiger partial charge < -0.3 is 4.90 Å². The van der Waals surface area contributed by atoms with Crippen molar-refractivity contribution in [3.8, 4) is 0 Å². The third kappa shape index (κ3) is 2.31. The van der Waals surface area contributed by atoms with Gasteiger partial charge in [-0.05, 0) is 0 Å². The second kappa shape index (κ2) is 4.75. The molecule has 100 valence electrons. The second-order valence-electron chi connectivity index (χ2n) is 4.22. The van der Waals surface area contributed by atoms with E-state index >= 15 is 0 Å². The molecule has 7 heteroatoms. The molecule has 1 aromatic rings. The van der Waals surface area contributed by atoms with Crippen molar-refractivity contribution in [3.05, 3.63) is 46.5 Å². The predicted molar refractivity (Wildman–Crippen MR) is 63.7 cm³/mol. The van der Waals surface area contributed by atoms with Gasteiger partial charge >= 0.3 is 0 Å². The van der Waals surface area contributed by atoms with Crippen molar-refractivity contribution < 1.29 is 18.5 Å². The highest BCUT2D eigenvalue weighted by atomic mass is 19.1. The number of halogens is 2. The van der Waals surface area contributed by atoms with Crippen molar-refractivity contribution >= 4 is 17.3 Å². The Kier molecular flexibility index (Phi) is 3.28. The van der Waals surface area contributed by atoms with Crippen LogP contribution >= 0.6 is 0 Å². The summed E-state index contributed by atoms with van der Waals surface area (Å²) in [5, 5.41) is 10.9. The molecule has 2 rings (SSSR count). The first-order valence-corrected chi connectivity index (χ1v) is 5.50. The van der Waals surface area contributed by atoms with Crippen LogP contribution in [0.15, 0.2) is 24.8 Å². The number of hydrogen-bond acceptors (Lipinski definition) is 3. The molecule has 0 saturated carbocycles. The van der Waals surface area contributed by atoms with E-state index in [2.05, 4.69) is 6.58 Å². The van der Waals surface area contributed by atoms with Gasteiger partial charge in [0.1, 0.15) is 5.82 Å². The summed E-state index contributed by atoms with van der Waals surface area (Å²) >= 11 is 0. The van der Waals surface area contributed by atoms with Crippen molar-refractivity contribution in [2.24, 2.45) is 5.92 Å². The largest absolute Gasteiger partial charge is 0.303 e. The van der Waals surface area contributed by atoms with Crippen molar-refractivity contribution in [2.75, 3.05) is 11.4 Å². The molecule has 1 amide bonds. The molecule has 1 atom stereocenters. The molecule has 1 fully saturated rings. The highest BCUT2D eigenvalue weighted by molar-refractivity contribution is 5.98. The van der Waals surface area contributed by atoms with Crippen LogP contribution in [0.25, 0.3) is 0 Å². The van der Waals surface area contributed by atoms with Gasteiger partial charge in [-0.15, -0.1) is 6.58 Å². The van der Waals surface area contributed by atoms with Gasteiger partial charge in [0.2, 0.25) is 5.91 Å². The molecule has 0 radical (unpaired) electrons. The number of nitro benzene ring substituents is 1. The number of nitro groups is 1. The summed E-state index contributed by atoms with van der Waals surface area (Å²) in [4.78, 5) is 22.7. The fourth-order valence-electron chi connectivity index (χ4n) is 2.07. The number of nitrogens with zero attached hydrogens (tertiary/aromatic N) is 2. The zero-order valence-corrected chi connectivity index (χ0v) is 9.81. The maximum absolute atomic E-state index is 13.8. The van der Waals surface area contributed by atoms with Crippen LogP contribution in [-0.2, 0) is 4.79 Å². The molecule has 1 aliphatic rings. The smallest absolute Gasteiger partial charge is 0.298 e. The number of carbonyl (C=O) groups is 1. The van der Waals surface area contributed by atoms with E-state index in [0.717, 1.165) is 4.90 Å². The highest BCUT2D eigenvalue weighted by Crippen LogP contribution is 2.36. The summed E-state index contributed by atoms with van der Waals surface area (Å²) in [6.45, 7) is 3.64. The first kappa shape index (κ1) is 13.1. The lowest BCUT2D eigenvalue weighted by Gasteiger charge is -2.16. The first-order valence-electron chi connectivity index (χ1n) is 5.50.